The van der Waals surface area contributed by atoms with Crippen molar-refractivity contribution in [2.45, 2.75) is 26.8 Å². The van der Waals surface area contributed by atoms with Crippen LogP contribution in [0, 0.1) is 0 Å². The molecule has 1 aromatic carbocycles. The maximum atomic E-state index is 12.1. The average Bonchev–Trinajstić information content (AvgIpc) is 2.48. The number of carbonyl (C=O) groups is 2. The molecular weight excluding hydrogens is 270 g/mol. The molecule has 0 aromatic heterocycles. The Kier molecular flexibility index (Phi) is 6.02. The molecule has 0 aliphatic carbocycles. The third-order valence-electron chi connectivity index (χ3n) is 3.29. The molecule has 1 aromatic rings. The van der Waals surface area contributed by atoms with Crippen LogP contribution in [0.4, 0.5) is 5.69 Å². The molecule has 0 radical (unpaired) electrons. The second-order valence-corrected chi connectivity index (χ2v) is 4.66. The van der Waals surface area contributed by atoms with Gasteiger partial charge in [0.15, 0.2) is 0 Å². The SMILES string of the molecule is CCN(CC)C(=O)C(C)NC(=O)c1ccc(OC)c(N)c1. The first-order valence-corrected chi connectivity index (χ1v) is 6.97. The van der Waals surface area contributed by atoms with Crippen LogP contribution in [0.3, 0.4) is 0 Å². The highest BCUT2D eigenvalue weighted by molar-refractivity contribution is 5.98. The maximum Gasteiger partial charge on any atom is 0.251 e. The minimum atomic E-state index is -0.583. The normalized spacial score (nSPS) is 11.6. The topological polar surface area (TPSA) is 84.7 Å². The fraction of sp³-hybridized carbons (Fsp3) is 0.467. The second-order valence-electron chi connectivity index (χ2n) is 4.66. The van der Waals surface area contributed by atoms with E-state index in [-0.39, 0.29) is 11.8 Å². The highest BCUT2D eigenvalue weighted by Gasteiger charge is 2.20. The Morgan fingerprint density at radius 3 is 2.43 bits per heavy atom. The van der Waals surface area contributed by atoms with Gasteiger partial charge < -0.3 is 20.7 Å². The number of likely N-dealkylation sites (N-methyl/N-ethyl adjacent to an activating group) is 1. The number of methoxy groups -OCH3 is 1. The summed E-state index contributed by atoms with van der Waals surface area (Å²) in [4.78, 5) is 25.9. The van der Waals surface area contributed by atoms with Gasteiger partial charge in [-0.1, -0.05) is 0 Å². The zero-order chi connectivity index (χ0) is 16.0. The summed E-state index contributed by atoms with van der Waals surface area (Å²) in [6.07, 6.45) is 0. The average molecular weight is 293 g/mol. The highest BCUT2D eigenvalue weighted by Crippen LogP contribution is 2.21. The molecule has 0 bridgehead atoms. The zero-order valence-electron chi connectivity index (χ0n) is 13.0. The second kappa shape index (κ2) is 7.52. The van der Waals surface area contributed by atoms with Gasteiger partial charge in [0, 0.05) is 18.7 Å². The van der Waals surface area contributed by atoms with Crippen molar-refractivity contribution in [2.75, 3.05) is 25.9 Å². The molecule has 0 saturated heterocycles. The van der Waals surface area contributed by atoms with Gasteiger partial charge in [0.2, 0.25) is 5.91 Å². The molecule has 3 N–H and O–H groups in total. The van der Waals surface area contributed by atoms with Gasteiger partial charge in [0.1, 0.15) is 11.8 Å². The van der Waals surface area contributed by atoms with Crippen molar-refractivity contribution in [1.29, 1.82) is 0 Å². The van der Waals surface area contributed by atoms with E-state index in [1.54, 1.807) is 24.0 Å². The molecule has 1 unspecified atom stereocenters. The first-order valence-electron chi connectivity index (χ1n) is 6.97. The molecule has 0 aliphatic rings. The van der Waals surface area contributed by atoms with Crippen LogP contribution < -0.4 is 15.8 Å². The molecule has 0 saturated carbocycles. The Balaban J connectivity index is 2.76. The van der Waals surface area contributed by atoms with Crippen LogP contribution in [-0.2, 0) is 4.79 Å². The summed E-state index contributed by atoms with van der Waals surface area (Å²) < 4.78 is 5.04. The van der Waals surface area contributed by atoms with E-state index in [1.165, 1.54) is 13.2 Å². The molecule has 0 aliphatic heterocycles. The molecule has 0 spiro atoms. The number of benzene rings is 1. The Morgan fingerprint density at radius 1 is 1.33 bits per heavy atom. The van der Waals surface area contributed by atoms with Gasteiger partial charge in [-0.05, 0) is 39.0 Å². The number of hydrogen-bond acceptors (Lipinski definition) is 4. The number of anilines is 1. The van der Waals surface area contributed by atoms with Crippen molar-refractivity contribution in [2.24, 2.45) is 0 Å². The van der Waals surface area contributed by atoms with Crippen LogP contribution in [0.1, 0.15) is 31.1 Å². The third-order valence-corrected chi connectivity index (χ3v) is 3.29. The van der Waals surface area contributed by atoms with E-state index >= 15 is 0 Å². The summed E-state index contributed by atoms with van der Waals surface area (Å²) in [5.41, 5.74) is 6.55. The standard InChI is InChI=1S/C15H23N3O3/c1-5-18(6-2)15(20)10(3)17-14(19)11-7-8-13(21-4)12(16)9-11/h7-10H,5-6,16H2,1-4H3,(H,17,19). The predicted octanol–water partition coefficient (Wildman–Crippen LogP) is 1.26. The molecule has 0 heterocycles. The number of nitrogen functional groups attached to an aromatic ring is 1. The van der Waals surface area contributed by atoms with Gasteiger partial charge in [0.05, 0.1) is 12.8 Å². The van der Waals surface area contributed by atoms with Crippen molar-refractivity contribution < 1.29 is 14.3 Å². The maximum absolute atomic E-state index is 12.1. The summed E-state index contributed by atoms with van der Waals surface area (Å²) in [6.45, 7) is 6.71. The fourth-order valence-corrected chi connectivity index (χ4v) is 2.03. The summed E-state index contributed by atoms with van der Waals surface area (Å²) in [6, 6.07) is 4.18. The zero-order valence-corrected chi connectivity index (χ0v) is 13.0. The quantitative estimate of drug-likeness (QED) is 0.773. The van der Waals surface area contributed by atoms with Gasteiger partial charge in [-0.25, -0.2) is 0 Å². The molecule has 1 atom stereocenters. The number of nitrogens with one attached hydrogen (secondary N) is 1. The smallest absolute Gasteiger partial charge is 0.251 e. The van der Waals surface area contributed by atoms with E-state index in [0.29, 0.717) is 30.1 Å². The Bertz CT molecular complexity index is 513. The molecule has 21 heavy (non-hydrogen) atoms. The van der Waals surface area contributed by atoms with E-state index in [4.69, 9.17) is 10.5 Å². The molecule has 0 fully saturated rings. The van der Waals surface area contributed by atoms with Crippen LogP contribution in [-0.4, -0.2) is 43.0 Å². The number of nitrogens with two attached hydrogens (primary N) is 1. The minimum Gasteiger partial charge on any atom is -0.495 e. The van der Waals surface area contributed by atoms with Crippen molar-refractivity contribution in [1.82, 2.24) is 10.2 Å². The van der Waals surface area contributed by atoms with Crippen LogP contribution >= 0.6 is 0 Å². The summed E-state index contributed by atoms with van der Waals surface area (Å²) in [5, 5.41) is 2.68. The Morgan fingerprint density at radius 2 is 1.95 bits per heavy atom. The van der Waals surface area contributed by atoms with Crippen LogP contribution in [0.25, 0.3) is 0 Å². The fourth-order valence-electron chi connectivity index (χ4n) is 2.03. The molecular formula is C15H23N3O3. The number of amides is 2. The summed E-state index contributed by atoms with van der Waals surface area (Å²) in [7, 11) is 1.51. The van der Waals surface area contributed by atoms with E-state index in [1.807, 2.05) is 13.8 Å². The predicted molar refractivity (Wildman–Crippen MR) is 82.3 cm³/mol. The highest BCUT2D eigenvalue weighted by atomic mass is 16.5. The third kappa shape index (κ3) is 4.11. The van der Waals surface area contributed by atoms with Crippen molar-refractivity contribution in [3.8, 4) is 5.75 Å². The minimum absolute atomic E-state index is 0.102. The monoisotopic (exact) mass is 293 g/mol. The van der Waals surface area contributed by atoms with E-state index in [9.17, 15) is 9.59 Å². The number of rotatable bonds is 6. The summed E-state index contributed by atoms with van der Waals surface area (Å²) >= 11 is 0. The van der Waals surface area contributed by atoms with Crippen molar-refractivity contribution >= 4 is 17.5 Å². The molecule has 2 amide bonds. The Hall–Kier alpha value is -2.24. The van der Waals surface area contributed by atoms with Crippen LogP contribution in [0.2, 0.25) is 0 Å². The lowest BCUT2D eigenvalue weighted by Gasteiger charge is -2.23. The van der Waals surface area contributed by atoms with Gasteiger partial charge in [-0.15, -0.1) is 0 Å². The number of carbonyl (C=O) groups excluding carboxylic acids is 2. The van der Waals surface area contributed by atoms with Gasteiger partial charge in [0.25, 0.3) is 5.91 Å². The van der Waals surface area contributed by atoms with E-state index in [2.05, 4.69) is 5.32 Å². The lowest BCUT2D eigenvalue weighted by molar-refractivity contribution is -0.132. The largest absolute Gasteiger partial charge is 0.495 e. The Labute approximate surface area is 125 Å². The number of hydrogen-bond donors (Lipinski definition) is 2. The number of nitrogens with zero attached hydrogens (tertiary/aromatic N) is 1. The van der Waals surface area contributed by atoms with Crippen molar-refractivity contribution in [3.63, 3.8) is 0 Å². The molecule has 1 rings (SSSR count). The van der Waals surface area contributed by atoms with E-state index < -0.39 is 6.04 Å². The van der Waals surface area contributed by atoms with Crippen LogP contribution in [0.15, 0.2) is 18.2 Å². The van der Waals surface area contributed by atoms with E-state index in [0.717, 1.165) is 0 Å². The van der Waals surface area contributed by atoms with Gasteiger partial charge in [-0.3, -0.25) is 9.59 Å². The van der Waals surface area contributed by atoms with Gasteiger partial charge in [-0.2, -0.15) is 0 Å². The molecule has 116 valence electrons. The lowest BCUT2D eigenvalue weighted by Crippen LogP contribution is -2.46. The lowest BCUT2D eigenvalue weighted by atomic mass is 10.1. The van der Waals surface area contributed by atoms with Gasteiger partial charge >= 0.3 is 0 Å². The molecule has 6 heteroatoms. The number of ether oxygens (including phenoxy) is 1. The van der Waals surface area contributed by atoms with Crippen LogP contribution in [0.5, 0.6) is 5.75 Å². The van der Waals surface area contributed by atoms with Crippen molar-refractivity contribution in [3.05, 3.63) is 23.8 Å². The molecule has 6 nitrogen and oxygen atoms in total. The first kappa shape index (κ1) is 16.8. The first-order chi connectivity index (χ1) is 9.94. The summed E-state index contributed by atoms with van der Waals surface area (Å²) in [5.74, 6) is 0.0750.